The number of carbonyl (C=O) groups excluding carboxylic acids is 1. The molecule has 2 bridgehead atoms. The molecular formula is C16H14F4N6O. The van der Waals surface area contributed by atoms with Gasteiger partial charge in [0.25, 0.3) is 0 Å². The lowest BCUT2D eigenvalue weighted by atomic mass is 9.77. The van der Waals surface area contributed by atoms with Crippen molar-refractivity contribution in [1.82, 2.24) is 25.1 Å². The first-order chi connectivity index (χ1) is 12.9. The molecule has 2 aliphatic heterocycles. The number of nitrogens with zero attached hydrogens (tertiary/aromatic N) is 5. The summed E-state index contributed by atoms with van der Waals surface area (Å²) in [5.74, 6) is -0.0466. The van der Waals surface area contributed by atoms with Gasteiger partial charge < -0.3 is 10.2 Å². The lowest BCUT2D eigenvalue weighted by Crippen LogP contribution is -2.53. The molecule has 4 rings (SSSR count). The van der Waals surface area contributed by atoms with Crippen molar-refractivity contribution in [2.75, 3.05) is 5.32 Å². The molecule has 4 atom stereocenters. The fourth-order valence-corrected chi connectivity index (χ4v) is 4.06. The molecule has 2 aromatic heterocycles. The van der Waals surface area contributed by atoms with Gasteiger partial charge in [0.2, 0.25) is 6.41 Å². The van der Waals surface area contributed by atoms with Gasteiger partial charge in [0.1, 0.15) is 11.4 Å². The number of hydrogen-bond acceptors (Lipinski definition) is 6. The van der Waals surface area contributed by atoms with Crippen molar-refractivity contribution in [1.29, 1.82) is 0 Å². The van der Waals surface area contributed by atoms with E-state index < -0.39 is 35.7 Å². The van der Waals surface area contributed by atoms with E-state index in [1.807, 2.05) is 0 Å². The first kappa shape index (κ1) is 17.6. The molecule has 11 heteroatoms. The van der Waals surface area contributed by atoms with Gasteiger partial charge in [0, 0.05) is 6.20 Å². The predicted molar refractivity (Wildman–Crippen MR) is 84.0 cm³/mol. The average molecular weight is 382 g/mol. The smallest absolute Gasteiger partial charge is 0.353 e. The number of fused-ring (bicyclic) bond motifs is 2. The molecule has 7 nitrogen and oxygen atoms in total. The molecule has 2 aromatic rings. The van der Waals surface area contributed by atoms with Gasteiger partial charge in [0.05, 0.1) is 30.2 Å². The van der Waals surface area contributed by atoms with E-state index in [-0.39, 0.29) is 11.5 Å². The third-order valence-corrected chi connectivity index (χ3v) is 5.17. The van der Waals surface area contributed by atoms with Crippen LogP contribution in [0.3, 0.4) is 0 Å². The summed E-state index contributed by atoms with van der Waals surface area (Å²) in [7, 11) is 0. The topological polar surface area (TPSA) is 83.9 Å². The van der Waals surface area contributed by atoms with Gasteiger partial charge in [-0.2, -0.15) is 23.4 Å². The lowest BCUT2D eigenvalue weighted by molar-refractivity contribution is -0.141. The number of nitrogens with one attached hydrogen (secondary N) is 1. The van der Waals surface area contributed by atoms with Crippen LogP contribution in [0, 0.1) is 0 Å². The molecule has 1 amide bonds. The molecule has 0 aromatic carbocycles. The van der Waals surface area contributed by atoms with Gasteiger partial charge in [-0.25, -0.2) is 14.4 Å². The minimum absolute atomic E-state index is 0.0466. The van der Waals surface area contributed by atoms with Crippen LogP contribution in [0.25, 0.3) is 0 Å². The summed E-state index contributed by atoms with van der Waals surface area (Å²) in [6, 6.07) is 1.92. The van der Waals surface area contributed by atoms with Crippen LogP contribution >= 0.6 is 0 Å². The second-order valence-corrected chi connectivity index (χ2v) is 6.50. The van der Waals surface area contributed by atoms with E-state index in [0.29, 0.717) is 25.4 Å². The third-order valence-electron chi connectivity index (χ3n) is 5.17. The van der Waals surface area contributed by atoms with E-state index >= 15 is 4.39 Å². The van der Waals surface area contributed by atoms with Crippen LogP contribution < -0.4 is 5.32 Å². The Morgan fingerprint density at radius 3 is 2.63 bits per heavy atom. The molecule has 142 valence electrons. The van der Waals surface area contributed by atoms with Crippen molar-refractivity contribution in [2.45, 2.75) is 42.8 Å². The largest absolute Gasteiger partial charge is 0.434 e. The highest BCUT2D eigenvalue weighted by Crippen LogP contribution is 2.51. The van der Waals surface area contributed by atoms with Crippen molar-refractivity contribution < 1.29 is 22.4 Å². The minimum atomic E-state index is -4.63. The lowest BCUT2D eigenvalue weighted by Gasteiger charge is -2.38. The predicted octanol–water partition coefficient (Wildman–Crippen LogP) is 1.93. The highest BCUT2D eigenvalue weighted by molar-refractivity contribution is 5.56. The number of hydrogen-bond donors (Lipinski definition) is 1. The zero-order valence-corrected chi connectivity index (χ0v) is 13.8. The van der Waals surface area contributed by atoms with E-state index in [9.17, 15) is 18.0 Å². The van der Waals surface area contributed by atoms with Crippen LogP contribution in [-0.2, 0) is 16.5 Å². The van der Waals surface area contributed by atoms with E-state index in [4.69, 9.17) is 0 Å². The molecule has 27 heavy (non-hydrogen) atoms. The Morgan fingerprint density at radius 2 is 2.07 bits per heavy atom. The Labute approximate surface area is 150 Å². The fraction of sp³-hybridized carbons (Fsp3) is 0.438. The molecule has 2 fully saturated rings. The summed E-state index contributed by atoms with van der Waals surface area (Å²) in [5, 5.41) is 10.7. The molecule has 0 radical (unpaired) electrons. The molecule has 0 spiro atoms. The van der Waals surface area contributed by atoms with Gasteiger partial charge >= 0.3 is 6.18 Å². The van der Waals surface area contributed by atoms with Crippen LogP contribution in [-0.4, -0.2) is 49.7 Å². The summed E-state index contributed by atoms with van der Waals surface area (Å²) >= 11 is 0. The zero-order chi connectivity index (χ0) is 19.2. The van der Waals surface area contributed by atoms with Crippen LogP contribution in [0.2, 0.25) is 0 Å². The van der Waals surface area contributed by atoms with Crippen molar-refractivity contribution in [3.05, 3.63) is 42.1 Å². The van der Waals surface area contributed by atoms with Crippen LogP contribution in [0.15, 0.2) is 30.7 Å². The van der Waals surface area contributed by atoms with Crippen molar-refractivity contribution in [3.63, 3.8) is 0 Å². The zero-order valence-electron chi connectivity index (χ0n) is 13.8. The molecule has 2 aliphatic rings. The van der Waals surface area contributed by atoms with E-state index in [1.165, 1.54) is 11.1 Å². The number of alkyl halides is 4. The van der Waals surface area contributed by atoms with Gasteiger partial charge in [-0.15, -0.1) is 0 Å². The highest BCUT2D eigenvalue weighted by atomic mass is 19.4. The van der Waals surface area contributed by atoms with Crippen LogP contribution in [0.1, 0.15) is 24.2 Å². The summed E-state index contributed by atoms with van der Waals surface area (Å²) in [5.41, 5.74) is -2.37. The number of carbonyl (C=O) groups is 1. The van der Waals surface area contributed by atoms with Crippen molar-refractivity contribution in [2.24, 2.45) is 0 Å². The van der Waals surface area contributed by atoms with Gasteiger partial charge in [-0.1, -0.05) is 0 Å². The van der Waals surface area contributed by atoms with E-state index in [1.54, 1.807) is 12.1 Å². The maximum Gasteiger partial charge on any atom is 0.434 e. The van der Waals surface area contributed by atoms with Gasteiger partial charge in [-0.05, 0) is 25.0 Å². The Hall–Kier alpha value is -2.85. The minimum Gasteiger partial charge on any atom is -0.353 e. The van der Waals surface area contributed by atoms with Gasteiger partial charge in [-0.3, -0.25) is 4.79 Å². The number of aromatic nitrogens is 4. The summed E-state index contributed by atoms with van der Waals surface area (Å²) in [6.07, 6.45) is -1.68. The second kappa shape index (κ2) is 6.10. The van der Waals surface area contributed by atoms with E-state index in [2.05, 4.69) is 25.5 Å². The molecule has 0 aliphatic carbocycles. The maximum atomic E-state index is 15.5. The number of rotatable bonds is 4. The fourth-order valence-electron chi connectivity index (χ4n) is 4.06. The summed E-state index contributed by atoms with van der Waals surface area (Å²) in [4.78, 5) is 20.0. The Kier molecular flexibility index (Phi) is 3.97. The van der Waals surface area contributed by atoms with E-state index in [0.717, 1.165) is 6.20 Å². The Morgan fingerprint density at radius 1 is 1.26 bits per heavy atom. The third kappa shape index (κ3) is 2.60. The Balaban J connectivity index is 1.76. The molecule has 1 unspecified atom stereocenters. The SMILES string of the molecule is O=CN1[C@@H]2CC[C@H]1[C@@](Nc1cnc(C(F)(F)F)cn1)(c1cccnn1)C2F. The highest BCUT2D eigenvalue weighted by Gasteiger charge is 2.65. The van der Waals surface area contributed by atoms with Crippen LogP contribution in [0.5, 0.6) is 0 Å². The number of halogens is 4. The first-order valence-corrected chi connectivity index (χ1v) is 8.20. The molecule has 0 saturated carbocycles. The maximum absolute atomic E-state index is 15.5. The Bertz CT molecular complexity index is 833. The quantitative estimate of drug-likeness (QED) is 0.643. The summed E-state index contributed by atoms with van der Waals surface area (Å²) in [6.45, 7) is 0. The standard InChI is InChI=1S/C16H14F4N6O/c17-14-9-3-4-12(26(9)8-27)15(14,10-2-1-5-23-25-10)24-13-7-21-11(6-22-13)16(18,19)20/h1-2,5-9,12,14H,3-4H2,(H,22,24)/t9-,12+,14?,15+/m1/s1. The average Bonchev–Trinajstić information content (AvgIpc) is 3.18. The molecule has 2 saturated heterocycles. The van der Waals surface area contributed by atoms with Crippen LogP contribution in [0.4, 0.5) is 23.4 Å². The monoisotopic (exact) mass is 382 g/mol. The molecular weight excluding hydrogens is 368 g/mol. The summed E-state index contributed by atoms with van der Waals surface area (Å²) < 4.78 is 53.6. The van der Waals surface area contributed by atoms with Gasteiger partial charge in [0.15, 0.2) is 11.9 Å². The normalized spacial score (nSPS) is 29.8. The van der Waals surface area contributed by atoms with Crippen molar-refractivity contribution >= 4 is 12.2 Å². The van der Waals surface area contributed by atoms with Crippen molar-refractivity contribution in [3.8, 4) is 0 Å². The second-order valence-electron chi connectivity index (χ2n) is 6.50. The first-order valence-electron chi connectivity index (χ1n) is 8.20. The molecule has 4 heterocycles. The number of amides is 1. The molecule has 1 N–H and O–H groups in total. The number of anilines is 1.